The van der Waals surface area contributed by atoms with Crippen LogP contribution in [-0.2, 0) is 12.1 Å². The average Bonchev–Trinajstić information content (AvgIpc) is 3.43. The first-order valence-corrected chi connectivity index (χ1v) is 9.54. The maximum absolute atomic E-state index is 9.31. The summed E-state index contributed by atoms with van der Waals surface area (Å²) in [6, 6.07) is 11.7. The molecule has 4 heterocycles. The number of fused-ring (bicyclic) bond motifs is 1. The highest BCUT2D eigenvalue weighted by atomic mass is 16.5. The average molecular weight is 362 g/mol. The second kappa shape index (κ2) is 6.55. The monoisotopic (exact) mass is 362 g/mol. The van der Waals surface area contributed by atoms with Crippen LogP contribution in [0.2, 0.25) is 0 Å². The lowest BCUT2D eigenvalue weighted by Crippen LogP contribution is -2.35. The third-order valence-corrected chi connectivity index (χ3v) is 5.89. The normalized spacial score (nSPS) is 18.7. The third kappa shape index (κ3) is 2.76. The van der Waals surface area contributed by atoms with Gasteiger partial charge in [-0.2, -0.15) is 4.98 Å². The molecule has 2 saturated heterocycles. The van der Waals surface area contributed by atoms with Gasteiger partial charge in [0, 0.05) is 17.3 Å². The quantitative estimate of drug-likeness (QED) is 0.767. The van der Waals surface area contributed by atoms with Crippen LogP contribution in [0, 0.1) is 0 Å². The highest BCUT2D eigenvalue weighted by Crippen LogP contribution is 2.46. The van der Waals surface area contributed by atoms with Crippen LogP contribution in [-0.4, -0.2) is 38.2 Å². The van der Waals surface area contributed by atoms with Crippen molar-refractivity contribution in [2.45, 2.75) is 37.8 Å². The van der Waals surface area contributed by atoms with Gasteiger partial charge in [0.25, 0.3) is 0 Å². The number of benzene rings is 1. The van der Waals surface area contributed by atoms with E-state index in [9.17, 15) is 5.11 Å². The first kappa shape index (κ1) is 16.6. The maximum Gasteiger partial charge on any atom is 0.247 e. The van der Waals surface area contributed by atoms with Crippen LogP contribution < -0.4 is 0 Å². The van der Waals surface area contributed by atoms with E-state index < -0.39 is 0 Å². The first-order chi connectivity index (χ1) is 13.3. The van der Waals surface area contributed by atoms with Gasteiger partial charge in [0.15, 0.2) is 0 Å². The molecule has 2 fully saturated rings. The van der Waals surface area contributed by atoms with Crippen molar-refractivity contribution in [1.29, 1.82) is 0 Å². The summed E-state index contributed by atoms with van der Waals surface area (Å²) in [5.41, 5.74) is 3.52. The van der Waals surface area contributed by atoms with Crippen LogP contribution in [0.15, 0.2) is 47.1 Å². The molecule has 0 atom stereocenters. The molecule has 2 aliphatic rings. The summed E-state index contributed by atoms with van der Waals surface area (Å²) in [6.07, 6.45) is 6.39. The Balaban J connectivity index is 1.42. The molecule has 27 heavy (non-hydrogen) atoms. The maximum atomic E-state index is 9.31. The van der Waals surface area contributed by atoms with Crippen molar-refractivity contribution in [2.24, 2.45) is 0 Å². The second-order valence-corrected chi connectivity index (χ2v) is 7.44. The van der Waals surface area contributed by atoms with Gasteiger partial charge in [-0.25, -0.2) is 0 Å². The lowest BCUT2D eigenvalue weighted by atomic mass is 9.94. The molecular formula is C21H22N4O2. The Hall–Kier alpha value is -2.57. The number of rotatable bonds is 4. The van der Waals surface area contributed by atoms with E-state index >= 15 is 0 Å². The summed E-state index contributed by atoms with van der Waals surface area (Å²) in [6.45, 7) is 2.28. The smallest absolute Gasteiger partial charge is 0.247 e. The molecule has 138 valence electrons. The zero-order valence-electron chi connectivity index (χ0n) is 15.1. The summed E-state index contributed by atoms with van der Waals surface area (Å²) in [4.78, 5) is 11.8. The van der Waals surface area contributed by atoms with E-state index in [4.69, 9.17) is 9.51 Å². The standard InChI is InChI=1S/C21H22N4O2/c26-14-15-4-1-5-16(12-15)18-7-6-17(13-22-18)19-23-20(27-24-19)21-8-2-10-25(21)11-3-9-21/h1,4-7,12-13,26H,2-3,8-11,14H2. The molecule has 0 aliphatic carbocycles. The van der Waals surface area contributed by atoms with E-state index in [-0.39, 0.29) is 12.1 Å². The fourth-order valence-electron chi connectivity index (χ4n) is 4.51. The van der Waals surface area contributed by atoms with Crippen molar-refractivity contribution >= 4 is 0 Å². The summed E-state index contributed by atoms with van der Waals surface area (Å²) in [5, 5.41) is 13.5. The Labute approximate surface area is 157 Å². The fraction of sp³-hybridized carbons (Fsp3) is 0.381. The number of pyridine rings is 1. The number of aliphatic hydroxyl groups is 1. The molecule has 0 amide bonds. The van der Waals surface area contributed by atoms with Crippen LogP contribution in [0.5, 0.6) is 0 Å². The molecule has 0 spiro atoms. The number of aromatic nitrogens is 3. The molecule has 0 bridgehead atoms. The van der Waals surface area contributed by atoms with Gasteiger partial charge >= 0.3 is 0 Å². The van der Waals surface area contributed by atoms with Crippen molar-refractivity contribution in [3.63, 3.8) is 0 Å². The van der Waals surface area contributed by atoms with Gasteiger partial charge in [-0.05, 0) is 62.5 Å². The largest absolute Gasteiger partial charge is 0.392 e. The van der Waals surface area contributed by atoms with Crippen molar-refractivity contribution in [1.82, 2.24) is 20.0 Å². The van der Waals surface area contributed by atoms with E-state index in [1.165, 1.54) is 12.8 Å². The number of hydrogen-bond acceptors (Lipinski definition) is 6. The van der Waals surface area contributed by atoms with Gasteiger partial charge in [-0.3, -0.25) is 9.88 Å². The highest BCUT2D eigenvalue weighted by molar-refractivity contribution is 5.63. The van der Waals surface area contributed by atoms with Gasteiger partial charge in [0.1, 0.15) is 5.54 Å². The third-order valence-electron chi connectivity index (χ3n) is 5.89. The second-order valence-electron chi connectivity index (χ2n) is 7.44. The SMILES string of the molecule is OCc1cccc(-c2ccc(-c3noc(C45CCCN4CCC5)n3)cn2)c1. The summed E-state index contributed by atoms with van der Waals surface area (Å²) < 4.78 is 5.69. The van der Waals surface area contributed by atoms with Crippen molar-refractivity contribution < 1.29 is 9.63 Å². The molecule has 6 nitrogen and oxygen atoms in total. The fourth-order valence-corrected chi connectivity index (χ4v) is 4.51. The van der Waals surface area contributed by atoms with Gasteiger partial charge in [-0.1, -0.05) is 23.4 Å². The molecule has 1 N–H and O–H groups in total. The van der Waals surface area contributed by atoms with E-state index in [2.05, 4.69) is 15.0 Å². The number of nitrogens with zero attached hydrogens (tertiary/aromatic N) is 4. The summed E-state index contributed by atoms with van der Waals surface area (Å²) >= 11 is 0. The summed E-state index contributed by atoms with van der Waals surface area (Å²) in [7, 11) is 0. The highest BCUT2D eigenvalue weighted by Gasteiger charge is 2.49. The van der Waals surface area contributed by atoms with Crippen LogP contribution in [0.25, 0.3) is 22.6 Å². The minimum Gasteiger partial charge on any atom is -0.392 e. The Morgan fingerprint density at radius 1 is 1.07 bits per heavy atom. The molecule has 0 saturated carbocycles. The van der Waals surface area contributed by atoms with Gasteiger partial charge in [-0.15, -0.1) is 0 Å². The zero-order chi connectivity index (χ0) is 18.3. The number of hydrogen-bond donors (Lipinski definition) is 1. The predicted octanol–water partition coefficient (Wildman–Crippen LogP) is 3.38. The molecule has 0 unspecified atom stereocenters. The van der Waals surface area contributed by atoms with Crippen LogP contribution in [0.3, 0.4) is 0 Å². The van der Waals surface area contributed by atoms with E-state index in [0.717, 1.165) is 54.2 Å². The number of aliphatic hydroxyl groups excluding tert-OH is 1. The van der Waals surface area contributed by atoms with Crippen LogP contribution in [0.4, 0.5) is 0 Å². The molecule has 5 rings (SSSR count). The van der Waals surface area contributed by atoms with E-state index in [1.807, 2.05) is 36.4 Å². The topological polar surface area (TPSA) is 75.3 Å². The molecule has 3 aromatic rings. The van der Waals surface area contributed by atoms with Gasteiger partial charge < -0.3 is 9.63 Å². The molecule has 0 radical (unpaired) electrons. The summed E-state index contributed by atoms with van der Waals surface area (Å²) in [5.74, 6) is 1.36. The minimum absolute atomic E-state index is 0.0241. The molecule has 6 heteroatoms. The molecule has 2 aliphatic heterocycles. The van der Waals surface area contributed by atoms with Crippen molar-refractivity contribution in [3.8, 4) is 22.6 Å². The minimum atomic E-state index is -0.0383. The molecule has 1 aromatic carbocycles. The zero-order valence-corrected chi connectivity index (χ0v) is 15.1. The Bertz CT molecular complexity index is 941. The van der Waals surface area contributed by atoms with E-state index in [1.54, 1.807) is 6.20 Å². The first-order valence-electron chi connectivity index (χ1n) is 9.54. The van der Waals surface area contributed by atoms with E-state index in [0.29, 0.717) is 5.82 Å². The lowest BCUT2D eigenvalue weighted by molar-refractivity contribution is 0.143. The van der Waals surface area contributed by atoms with Crippen LogP contribution >= 0.6 is 0 Å². The van der Waals surface area contributed by atoms with Crippen LogP contribution in [0.1, 0.15) is 37.1 Å². The van der Waals surface area contributed by atoms with Crippen molar-refractivity contribution in [2.75, 3.05) is 13.1 Å². The van der Waals surface area contributed by atoms with Gasteiger partial charge in [0.2, 0.25) is 11.7 Å². The Morgan fingerprint density at radius 2 is 1.93 bits per heavy atom. The van der Waals surface area contributed by atoms with Gasteiger partial charge in [0.05, 0.1) is 12.3 Å². The Kier molecular flexibility index (Phi) is 4.02. The predicted molar refractivity (Wildman–Crippen MR) is 101 cm³/mol. The van der Waals surface area contributed by atoms with Crippen molar-refractivity contribution in [3.05, 3.63) is 54.0 Å². The molecular weight excluding hydrogens is 340 g/mol. The molecule has 2 aromatic heterocycles. The lowest BCUT2D eigenvalue weighted by Gasteiger charge is -2.27. The Morgan fingerprint density at radius 3 is 2.67 bits per heavy atom.